The quantitative estimate of drug-likeness (QED) is 0.507. The Labute approximate surface area is 77.5 Å². The van der Waals surface area contributed by atoms with E-state index in [0.29, 0.717) is 12.7 Å². The molecule has 0 aliphatic rings. The minimum Gasteiger partial charge on any atom is -0.378 e. The van der Waals surface area contributed by atoms with E-state index in [1.54, 1.807) is 0 Å². The molecular formula is C11H23O. The molecule has 0 amide bonds. The van der Waals surface area contributed by atoms with Gasteiger partial charge in [0, 0.05) is 6.61 Å². The second-order valence-corrected chi connectivity index (χ2v) is 3.28. The van der Waals surface area contributed by atoms with Crippen molar-refractivity contribution >= 4 is 0 Å². The average molecular weight is 171 g/mol. The first-order valence-electron chi connectivity index (χ1n) is 5.26. The van der Waals surface area contributed by atoms with E-state index in [-0.39, 0.29) is 0 Å². The maximum atomic E-state index is 5.52. The number of rotatable bonds is 8. The SMILES string of the molecule is [CH2]COC(CCC)CCCCC. The molecule has 0 fully saturated rings. The van der Waals surface area contributed by atoms with E-state index >= 15 is 0 Å². The molecule has 0 N–H and O–H groups in total. The minimum absolute atomic E-state index is 0.471. The number of hydrogen-bond acceptors (Lipinski definition) is 1. The Morgan fingerprint density at radius 1 is 1.08 bits per heavy atom. The van der Waals surface area contributed by atoms with Gasteiger partial charge in [0.05, 0.1) is 6.10 Å². The van der Waals surface area contributed by atoms with Gasteiger partial charge in [0.2, 0.25) is 0 Å². The van der Waals surface area contributed by atoms with E-state index in [1.807, 2.05) is 0 Å². The summed E-state index contributed by atoms with van der Waals surface area (Å²) >= 11 is 0. The smallest absolute Gasteiger partial charge is 0.0575 e. The van der Waals surface area contributed by atoms with Crippen LogP contribution in [0, 0.1) is 6.92 Å². The van der Waals surface area contributed by atoms with Crippen LogP contribution in [0.1, 0.15) is 52.4 Å². The minimum atomic E-state index is 0.471. The van der Waals surface area contributed by atoms with Crippen LogP contribution >= 0.6 is 0 Å². The summed E-state index contributed by atoms with van der Waals surface area (Å²) in [7, 11) is 0. The summed E-state index contributed by atoms with van der Waals surface area (Å²) < 4.78 is 5.52. The summed E-state index contributed by atoms with van der Waals surface area (Å²) in [6.07, 6.45) is 8.04. The van der Waals surface area contributed by atoms with Crippen molar-refractivity contribution in [3.8, 4) is 0 Å². The zero-order chi connectivity index (χ0) is 9.23. The van der Waals surface area contributed by atoms with Gasteiger partial charge in [0.15, 0.2) is 0 Å². The van der Waals surface area contributed by atoms with Gasteiger partial charge in [0.1, 0.15) is 0 Å². The van der Waals surface area contributed by atoms with E-state index in [0.717, 1.165) is 0 Å². The highest BCUT2D eigenvalue weighted by Gasteiger charge is 2.05. The maximum absolute atomic E-state index is 5.52. The highest BCUT2D eigenvalue weighted by Crippen LogP contribution is 2.11. The lowest BCUT2D eigenvalue weighted by atomic mass is 10.1. The highest BCUT2D eigenvalue weighted by atomic mass is 16.5. The molecule has 1 nitrogen and oxygen atoms in total. The number of hydrogen-bond donors (Lipinski definition) is 0. The summed E-state index contributed by atoms with van der Waals surface area (Å²) in [5, 5.41) is 0. The summed E-state index contributed by atoms with van der Waals surface area (Å²) in [5.41, 5.74) is 0. The average Bonchev–Trinajstić information content (AvgIpc) is 2.06. The van der Waals surface area contributed by atoms with Gasteiger partial charge in [0.25, 0.3) is 0 Å². The molecule has 0 bridgehead atoms. The van der Waals surface area contributed by atoms with Crippen molar-refractivity contribution in [1.82, 2.24) is 0 Å². The lowest BCUT2D eigenvalue weighted by Gasteiger charge is -2.15. The topological polar surface area (TPSA) is 9.23 Å². The van der Waals surface area contributed by atoms with Gasteiger partial charge in [-0.15, -0.1) is 0 Å². The van der Waals surface area contributed by atoms with E-state index in [9.17, 15) is 0 Å². The first-order valence-corrected chi connectivity index (χ1v) is 5.26. The molecule has 1 heteroatoms. The monoisotopic (exact) mass is 171 g/mol. The fraction of sp³-hybridized carbons (Fsp3) is 0.909. The second-order valence-electron chi connectivity index (χ2n) is 3.28. The van der Waals surface area contributed by atoms with Crippen LogP contribution in [-0.4, -0.2) is 12.7 Å². The zero-order valence-electron chi connectivity index (χ0n) is 8.64. The van der Waals surface area contributed by atoms with Crippen molar-refractivity contribution in [2.24, 2.45) is 0 Å². The number of ether oxygens (including phenoxy) is 1. The van der Waals surface area contributed by atoms with Gasteiger partial charge < -0.3 is 4.74 Å². The lowest BCUT2D eigenvalue weighted by molar-refractivity contribution is 0.0579. The predicted molar refractivity (Wildman–Crippen MR) is 54.1 cm³/mol. The van der Waals surface area contributed by atoms with Gasteiger partial charge in [-0.05, 0) is 19.8 Å². The zero-order valence-corrected chi connectivity index (χ0v) is 8.64. The maximum Gasteiger partial charge on any atom is 0.0575 e. The summed E-state index contributed by atoms with van der Waals surface area (Å²) in [5.74, 6) is 0. The van der Waals surface area contributed by atoms with Crippen molar-refractivity contribution in [3.05, 3.63) is 6.92 Å². The van der Waals surface area contributed by atoms with Gasteiger partial charge >= 0.3 is 0 Å². The van der Waals surface area contributed by atoms with E-state index < -0.39 is 0 Å². The molecule has 0 spiro atoms. The first-order chi connectivity index (χ1) is 5.85. The van der Waals surface area contributed by atoms with Crippen molar-refractivity contribution in [2.75, 3.05) is 6.61 Å². The Bertz CT molecular complexity index is 75.1. The molecule has 0 aromatic heterocycles. The Kier molecular flexibility index (Phi) is 9.02. The molecule has 0 aromatic carbocycles. The van der Waals surface area contributed by atoms with Gasteiger partial charge in [-0.25, -0.2) is 0 Å². The van der Waals surface area contributed by atoms with Gasteiger partial charge in [-0.1, -0.05) is 39.5 Å². The summed E-state index contributed by atoms with van der Waals surface area (Å²) in [6, 6.07) is 0. The molecule has 1 atom stereocenters. The lowest BCUT2D eigenvalue weighted by Crippen LogP contribution is -2.12. The molecule has 1 radical (unpaired) electrons. The van der Waals surface area contributed by atoms with Gasteiger partial charge in [-0.3, -0.25) is 0 Å². The third kappa shape index (κ3) is 6.66. The molecule has 73 valence electrons. The Morgan fingerprint density at radius 3 is 2.33 bits per heavy atom. The van der Waals surface area contributed by atoms with Crippen LogP contribution in [0.15, 0.2) is 0 Å². The Morgan fingerprint density at radius 2 is 1.83 bits per heavy atom. The fourth-order valence-corrected chi connectivity index (χ4v) is 1.42. The van der Waals surface area contributed by atoms with Crippen molar-refractivity contribution < 1.29 is 4.74 Å². The van der Waals surface area contributed by atoms with Crippen LogP contribution in [0.5, 0.6) is 0 Å². The molecule has 0 aromatic rings. The largest absolute Gasteiger partial charge is 0.378 e. The summed E-state index contributed by atoms with van der Waals surface area (Å²) in [6.45, 7) is 8.78. The van der Waals surface area contributed by atoms with E-state index in [1.165, 1.54) is 38.5 Å². The molecule has 0 saturated carbocycles. The first kappa shape index (κ1) is 12.0. The molecule has 0 aliphatic carbocycles. The van der Waals surface area contributed by atoms with Crippen LogP contribution in [0.4, 0.5) is 0 Å². The fourth-order valence-electron chi connectivity index (χ4n) is 1.42. The second kappa shape index (κ2) is 9.05. The van der Waals surface area contributed by atoms with Crippen molar-refractivity contribution in [3.63, 3.8) is 0 Å². The highest BCUT2D eigenvalue weighted by molar-refractivity contribution is 4.58. The molecular weight excluding hydrogens is 148 g/mol. The molecule has 0 saturated heterocycles. The number of unbranched alkanes of at least 4 members (excludes halogenated alkanes) is 2. The predicted octanol–water partition coefficient (Wildman–Crippen LogP) is 3.59. The van der Waals surface area contributed by atoms with E-state index in [2.05, 4.69) is 20.8 Å². The molecule has 0 aliphatic heterocycles. The van der Waals surface area contributed by atoms with Crippen LogP contribution in [0.25, 0.3) is 0 Å². The van der Waals surface area contributed by atoms with Crippen LogP contribution in [0.3, 0.4) is 0 Å². The normalized spacial score (nSPS) is 13.2. The van der Waals surface area contributed by atoms with Crippen LogP contribution < -0.4 is 0 Å². The third-order valence-corrected chi connectivity index (χ3v) is 2.09. The van der Waals surface area contributed by atoms with Gasteiger partial charge in [-0.2, -0.15) is 0 Å². The molecule has 1 unspecified atom stereocenters. The molecule has 12 heavy (non-hydrogen) atoms. The van der Waals surface area contributed by atoms with Crippen LogP contribution in [-0.2, 0) is 4.74 Å². The van der Waals surface area contributed by atoms with Crippen LogP contribution in [0.2, 0.25) is 0 Å². The van der Waals surface area contributed by atoms with E-state index in [4.69, 9.17) is 4.74 Å². The molecule has 0 rings (SSSR count). The summed E-state index contributed by atoms with van der Waals surface area (Å²) in [4.78, 5) is 0. The van der Waals surface area contributed by atoms with Crippen molar-refractivity contribution in [2.45, 2.75) is 58.5 Å². The van der Waals surface area contributed by atoms with Crippen molar-refractivity contribution in [1.29, 1.82) is 0 Å². The Balaban J connectivity index is 3.34. The third-order valence-electron chi connectivity index (χ3n) is 2.09. The standard InChI is InChI=1S/C11H23O/c1-4-7-8-10-11(9-5-2)12-6-3/h11H,3-10H2,1-2H3. The Hall–Kier alpha value is -0.0400. The molecule has 0 heterocycles.